The van der Waals surface area contributed by atoms with E-state index >= 15 is 0 Å². The first-order valence-corrected chi connectivity index (χ1v) is 5.81. The maximum Gasteiger partial charge on any atom is 0.224 e. The SMILES string of the molecule is Cc1nc(Cl)nc(NCC2CC2(C)C)c1N. The van der Waals surface area contributed by atoms with Gasteiger partial charge in [-0.25, -0.2) is 4.98 Å². The van der Waals surface area contributed by atoms with Gasteiger partial charge < -0.3 is 11.1 Å². The topological polar surface area (TPSA) is 63.8 Å². The van der Waals surface area contributed by atoms with Crippen LogP contribution in [-0.2, 0) is 0 Å². The van der Waals surface area contributed by atoms with E-state index in [9.17, 15) is 0 Å². The number of aryl methyl sites for hydroxylation is 1. The van der Waals surface area contributed by atoms with Crippen molar-refractivity contribution < 1.29 is 0 Å². The largest absolute Gasteiger partial charge is 0.394 e. The van der Waals surface area contributed by atoms with Gasteiger partial charge in [0.2, 0.25) is 5.28 Å². The molecule has 0 bridgehead atoms. The van der Waals surface area contributed by atoms with Crippen LogP contribution in [0.1, 0.15) is 26.0 Å². The van der Waals surface area contributed by atoms with E-state index in [1.807, 2.05) is 6.92 Å². The zero-order valence-corrected chi connectivity index (χ0v) is 10.6. The summed E-state index contributed by atoms with van der Waals surface area (Å²) in [6.45, 7) is 7.25. The number of hydrogen-bond acceptors (Lipinski definition) is 4. The summed E-state index contributed by atoms with van der Waals surface area (Å²) in [5, 5.41) is 3.49. The Morgan fingerprint density at radius 3 is 2.69 bits per heavy atom. The quantitative estimate of drug-likeness (QED) is 0.797. The molecule has 1 aromatic rings. The van der Waals surface area contributed by atoms with Gasteiger partial charge in [-0.05, 0) is 36.3 Å². The van der Waals surface area contributed by atoms with E-state index in [0.717, 1.165) is 12.2 Å². The summed E-state index contributed by atoms with van der Waals surface area (Å²) in [5.74, 6) is 1.35. The molecular formula is C11H17ClN4. The molecule has 1 saturated carbocycles. The molecule has 1 aliphatic carbocycles. The Kier molecular flexibility index (Phi) is 2.70. The highest BCUT2D eigenvalue weighted by Gasteiger charge is 2.45. The van der Waals surface area contributed by atoms with Crippen LogP contribution in [0.2, 0.25) is 5.28 Å². The summed E-state index contributed by atoms with van der Waals surface area (Å²) in [6, 6.07) is 0. The summed E-state index contributed by atoms with van der Waals surface area (Å²) in [5.41, 5.74) is 7.64. The molecule has 1 heterocycles. The van der Waals surface area contributed by atoms with E-state index in [2.05, 4.69) is 29.1 Å². The number of aromatic nitrogens is 2. The first-order chi connectivity index (χ1) is 7.40. The second-order valence-corrected chi connectivity index (χ2v) is 5.45. The fourth-order valence-electron chi connectivity index (χ4n) is 1.83. The van der Waals surface area contributed by atoms with E-state index < -0.39 is 0 Å². The minimum absolute atomic E-state index is 0.240. The number of anilines is 2. The molecule has 1 fully saturated rings. The molecule has 5 heteroatoms. The molecule has 1 atom stereocenters. The Balaban J connectivity index is 2.04. The Labute approximate surface area is 101 Å². The molecule has 2 rings (SSSR count). The lowest BCUT2D eigenvalue weighted by molar-refractivity contribution is 0.573. The fourth-order valence-corrected chi connectivity index (χ4v) is 2.04. The van der Waals surface area contributed by atoms with Gasteiger partial charge in [0.1, 0.15) is 0 Å². The summed E-state index contributed by atoms with van der Waals surface area (Å²) in [6.07, 6.45) is 1.25. The summed E-state index contributed by atoms with van der Waals surface area (Å²) < 4.78 is 0. The van der Waals surface area contributed by atoms with Gasteiger partial charge in [-0.3, -0.25) is 0 Å². The molecule has 0 radical (unpaired) electrons. The van der Waals surface area contributed by atoms with Crippen molar-refractivity contribution in [1.29, 1.82) is 0 Å². The first-order valence-electron chi connectivity index (χ1n) is 5.43. The summed E-state index contributed by atoms with van der Waals surface area (Å²) in [4.78, 5) is 8.09. The second kappa shape index (κ2) is 3.77. The third kappa shape index (κ3) is 2.21. The highest BCUT2D eigenvalue weighted by Crippen LogP contribution is 2.51. The lowest BCUT2D eigenvalue weighted by Crippen LogP contribution is -2.11. The predicted molar refractivity (Wildman–Crippen MR) is 66.6 cm³/mol. The van der Waals surface area contributed by atoms with Gasteiger partial charge in [0.15, 0.2) is 5.82 Å². The lowest BCUT2D eigenvalue weighted by atomic mass is 10.1. The zero-order valence-electron chi connectivity index (χ0n) is 9.84. The molecule has 0 aromatic carbocycles. The second-order valence-electron chi connectivity index (χ2n) is 5.11. The average molecular weight is 241 g/mol. The predicted octanol–water partition coefficient (Wildman–Crippen LogP) is 2.48. The number of rotatable bonds is 3. The van der Waals surface area contributed by atoms with E-state index in [1.54, 1.807) is 0 Å². The van der Waals surface area contributed by atoms with Crippen molar-refractivity contribution in [3.05, 3.63) is 11.0 Å². The summed E-state index contributed by atoms with van der Waals surface area (Å²) in [7, 11) is 0. The normalized spacial score (nSPS) is 21.9. The summed E-state index contributed by atoms with van der Waals surface area (Å²) >= 11 is 5.79. The Morgan fingerprint density at radius 2 is 2.12 bits per heavy atom. The number of nitrogen functional groups attached to an aromatic ring is 1. The minimum atomic E-state index is 0.240. The van der Waals surface area contributed by atoms with E-state index in [4.69, 9.17) is 17.3 Å². The molecule has 4 nitrogen and oxygen atoms in total. The average Bonchev–Trinajstić information content (AvgIpc) is 2.78. The van der Waals surface area contributed by atoms with Crippen LogP contribution in [0, 0.1) is 18.3 Å². The van der Waals surface area contributed by atoms with E-state index in [-0.39, 0.29) is 5.28 Å². The number of hydrogen-bond donors (Lipinski definition) is 2. The van der Waals surface area contributed by atoms with Crippen LogP contribution >= 0.6 is 11.6 Å². The molecule has 0 spiro atoms. The van der Waals surface area contributed by atoms with Crippen molar-refractivity contribution in [1.82, 2.24) is 9.97 Å². The van der Waals surface area contributed by atoms with Gasteiger partial charge in [-0.1, -0.05) is 13.8 Å². The first kappa shape index (κ1) is 11.5. The Bertz CT molecular complexity index is 417. The molecule has 0 amide bonds. The Morgan fingerprint density at radius 1 is 1.50 bits per heavy atom. The lowest BCUT2D eigenvalue weighted by Gasteiger charge is -2.10. The number of halogens is 1. The van der Waals surface area contributed by atoms with Crippen molar-refractivity contribution in [2.75, 3.05) is 17.6 Å². The van der Waals surface area contributed by atoms with Gasteiger partial charge in [0.25, 0.3) is 0 Å². The number of nitrogens with two attached hydrogens (primary N) is 1. The monoisotopic (exact) mass is 240 g/mol. The molecule has 0 aliphatic heterocycles. The number of nitrogens with zero attached hydrogens (tertiary/aromatic N) is 2. The van der Waals surface area contributed by atoms with Crippen molar-refractivity contribution in [2.24, 2.45) is 11.3 Å². The van der Waals surface area contributed by atoms with E-state index in [0.29, 0.717) is 22.8 Å². The van der Waals surface area contributed by atoms with Crippen LogP contribution in [0.3, 0.4) is 0 Å². The van der Waals surface area contributed by atoms with Gasteiger partial charge in [-0.15, -0.1) is 0 Å². The van der Waals surface area contributed by atoms with Gasteiger partial charge in [0.05, 0.1) is 11.4 Å². The molecule has 0 saturated heterocycles. The van der Waals surface area contributed by atoms with E-state index in [1.165, 1.54) is 6.42 Å². The van der Waals surface area contributed by atoms with Crippen LogP contribution in [0.25, 0.3) is 0 Å². The van der Waals surface area contributed by atoms with Crippen LogP contribution in [0.15, 0.2) is 0 Å². The standard InChI is InChI=1S/C11H17ClN4/c1-6-8(13)9(16-10(12)15-6)14-5-7-4-11(7,2)3/h7H,4-5,13H2,1-3H3,(H,14,15,16). The van der Waals surface area contributed by atoms with Crippen molar-refractivity contribution in [3.63, 3.8) is 0 Å². The fraction of sp³-hybridized carbons (Fsp3) is 0.636. The third-order valence-electron chi connectivity index (χ3n) is 3.34. The van der Waals surface area contributed by atoms with Crippen LogP contribution in [-0.4, -0.2) is 16.5 Å². The van der Waals surface area contributed by atoms with Crippen molar-refractivity contribution >= 4 is 23.1 Å². The van der Waals surface area contributed by atoms with Crippen molar-refractivity contribution in [3.8, 4) is 0 Å². The molecule has 3 N–H and O–H groups in total. The van der Waals surface area contributed by atoms with Crippen LogP contribution in [0.5, 0.6) is 0 Å². The third-order valence-corrected chi connectivity index (χ3v) is 3.51. The molecule has 16 heavy (non-hydrogen) atoms. The molecule has 1 aliphatic rings. The molecule has 1 unspecified atom stereocenters. The Hall–Kier alpha value is -1.03. The highest BCUT2D eigenvalue weighted by molar-refractivity contribution is 6.28. The maximum absolute atomic E-state index is 5.88. The minimum Gasteiger partial charge on any atom is -0.394 e. The maximum atomic E-state index is 5.88. The van der Waals surface area contributed by atoms with Gasteiger partial charge >= 0.3 is 0 Å². The smallest absolute Gasteiger partial charge is 0.224 e. The van der Waals surface area contributed by atoms with Gasteiger partial charge in [-0.2, -0.15) is 4.98 Å². The van der Waals surface area contributed by atoms with Crippen LogP contribution < -0.4 is 11.1 Å². The van der Waals surface area contributed by atoms with Gasteiger partial charge in [0, 0.05) is 6.54 Å². The van der Waals surface area contributed by atoms with Crippen LogP contribution in [0.4, 0.5) is 11.5 Å². The highest BCUT2D eigenvalue weighted by atomic mass is 35.5. The molecule has 88 valence electrons. The molecule has 1 aromatic heterocycles. The zero-order chi connectivity index (χ0) is 11.9. The molecular weight excluding hydrogens is 224 g/mol. The number of nitrogens with one attached hydrogen (secondary N) is 1. The van der Waals surface area contributed by atoms with Crippen molar-refractivity contribution in [2.45, 2.75) is 27.2 Å².